The lowest BCUT2D eigenvalue weighted by Crippen LogP contribution is -2.61. The normalized spacial score (nSPS) is 26.5. The molecule has 1 N–H and O–H groups in total. The number of ketones is 1. The Morgan fingerprint density at radius 1 is 1.32 bits per heavy atom. The van der Waals surface area contributed by atoms with E-state index in [1.165, 1.54) is 19.2 Å². The van der Waals surface area contributed by atoms with Gasteiger partial charge in [-0.3, -0.25) is 4.79 Å². The molecule has 0 fully saturated rings. The van der Waals surface area contributed by atoms with Crippen LogP contribution in [0, 0.1) is 12.8 Å². The van der Waals surface area contributed by atoms with E-state index in [1.54, 1.807) is 26.8 Å². The van der Waals surface area contributed by atoms with Crippen molar-refractivity contribution in [3.63, 3.8) is 0 Å². The van der Waals surface area contributed by atoms with E-state index in [1.807, 2.05) is 0 Å². The number of fused-ring (bicyclic) bond motifs is 1. The summed E-state index contributed by atoms with van der Waals surface area (Å²) in [6, 6.07) is 4.56. The molecule has 0 aliphatic carbocycles. The van der Waals surface area contributed by atoms with Gasteiger partial charge in [-0.1, -0.05) is 25.5 Å². The van der Waals surface area contributed by atoms with Crippen LogP contribution in [0.15, 0.2) is 23.1 Å². The molecule has 0 aromatic heterocycles. The van der Waals surface area contributed by atoms with Crippen LogP contribution in [0.2, 0.25) is 0 Å². The fourth-order valence-corrected chi connectivity index (χ4v) is 3.97. The van der Waals surface area contributed by atoms with Gasteiger partial charge in [0.25, 0.3) is 0 Å². The average Bonchev–Trinajstić information content (AvgIpc) is 2.33. The zero-order chi connectivity index (χ0) is 14.6. The largest absolute Gasteiger partial charge is 0.367 e. The van der Waals surface area contributed by atoms with Crippen LogP contribution < -0.4 is 0 Å². The lowest BCUT2D eigenvalue weighted by atomic mass is 9.90. The first-order valence-electron chi connectivity index (χ1n) is 6.00. The highest BCUT2D eigenvalue weighted by molar-refractivity contribution is 7.89. The molecular formula is C13H17NO4S. The smallest absolute Gasteiger partial charge is 0.246 e. The Morgan fingerprint density at radius 3 is 2.42 bits per heavy atom. The molecule has 104 valence electrons. The second-order valence-corrected chi connectivity index (χ2v) is 7.12. The van der Waals surface area contributed by atoms with Gasteiger partial charge < -0.3 is 5.11 Å². The summed E-state index contributed by atoms with van der Waals surface area (Å²) in [5.74, 6) is -1.12. The van der Waals surface area contributed by atoms with Gasteiger partial charge in [0.2, 0.25) is 15.8 Å². The van der Waals surface area contributed by atoms with Crippen molar-refractivity contribution in [2.24, 2.45) is 5.92 Å². The number of Topliss-reactive ketones (excluding diaryl/α,β-unsaturated/α-hetero) is 1. The maximum Gasteiger partial charge on any atom is 0.246 e. The van der Waals surface area contributed by atoms with Crippen LogP contribution in [-0.4, -0.2) is 36.4 Å². The summed E-state index contributed by atoms with van der Waals surface area (Å²) in [5, 5.41) is 10.6. The summed E-state index contributed by atoms with van der Waals surface area (Å²) in [6.45, 7) is 5.00. The molecule has 0 radical (unpaired) electrons. The number of sulfonamides is 1. The SMILES string of the molecule is Cc1ccc2c(c1)C(=O)C(O)(C(C)C)N(C)S2(=O)=O. The van der Waals surface area contributed by atoms with Crippen molar-refractivity contribution in [1.82, 2.24) is 4.31 Å². The molecule has 1 atom stereocenters. The Kier molecular flexibility index (Phi) is 3.08. The topological polar surface area (TPSA) is 74.7 Å². The Balaban J connectivity index is 2.83. The van der Waals surface area contributed by atoms with E-state index in [4.69, 9.17) is 0 Å². The van der Waals surface area contributed by atoms with E-state index >= 15 is 0 Å². The van der Waals surface area contributed by atoms with E-state index in [0.717, 1.165) is 9.87 Å². The predicted octanol–water partition coefficient (Wildman–Crippen LogP) is 1.16. The number of rotatable bonds is 1. The lowest BCUT2D eigenvalue weighted by Gasteiger charge is -2.41. The van der Waals surface area contributed by atoms with Crippen LogP contribution in [0.4, 0.5) is 0 Å². The summed E-state index contributed by atoms with van der Waals surface area (Å²) < 4.78 is 25.6. The molecule has 0 bridgehead atoms. The third kappa shape index (κ3) is 1.74. The van der Waals surface area contributed by atoms with Crippen molar-refractivity contribution in [3.8, 4) is 0 Å². The molecule has 1 aromatic carbocycles. The minimum absolute atomic E-state index is 0.0454. The first-order valence-corrected chi connectivity index (χ1v) is 7.44. The number of hydrogen-bond donors (Lipinski definition) is 1. The van der Waals surface area contributed by atoms with Crippen LogP contribution in [0.3, 0.4) is 0 Å². The van der Waals surface area contributed by atoms with Crippen LogP contribution >= 0.6 is 0 Å². The Bertz CT molecular complexity index is 651. The monoisotopic (exact) mass is 283 g/mol. The maximum atomic E-state index is 12.5. The highest BCUT2D eigenvalue weighted by Crippen LogP contribution is 2.37. The van der Waals surface area contributed by atoms with Gasteiger partial charge in [0.15, 0.2) is 5.72 Å². The first-order chi connectivity index (χ1) is 8.63. The molecule has 0 saturated heterocycles. The van der Waals surface area contributed by atoms with Crippen LogP contribution in [0.25, 0.3) is 0 Å². The number of carbonyl (C=O) groups excluding carboxylic acids is 1. The second-order valence-electron chi connectivity index (χ2n) is 5.18. The fraction of sp³-hybridized carbons (Fsp3) is 0.462. The van der Waals surface area contributed by atoms with Gasteiger partial charge in [0.1, 0.15) is 0 Å². The van der Waals surface area contributed by atoms with Crippen molar-refractivity contribution < 1.29 is 18.3 Å². The molecule has 2 rings (SSSR count). The van der Waals surface area contributed by atoms with E-state index in [2.05, 4.69) is 0 Å². The molecule has 5 nitrogen and oxygen atoms in total. The molecule has 1 unspecified atom stereocenters. The minimum Gasteiger partial charge on any atom is -0.367 e. The van der Waals surface area contributed by atoms with E-state index in [9.17, 15) is 18.3 Å². The Morgan fingerprint density at radius 2 is 1.89 bits per heavy atom. The third-order valence-electron chi connectivity index (χ3n) is 3.64. The van der Waals surface area contributed by atoms with E-state index in [-0.39, 0.29) is 10.5 Å². The fourth-order valence-electron chi connectivity index (χ4n) is 2.34. The quantitative estimate of drug-likeness (QED) is 0.839. The van der Waals surface area contributed by atoms with Crippen molar-refractivity contribution >= 4 is 15.8 Å². The second kappa shape index (κ2) is 4.13. The third-order valence-corrected chi connectivity index (χ3v) is 5.55. The van der Waals surface area contributed by atoms with Gasteiger partial charge in [-0.25, -0.2) is 8.42 Å². The maximum absolute atomic E-state index is 12.5. The van der Waals surface area contributed by atoms with Crippen LogP contribution in [0.1, 0.15) is 29.8 Å². The van der Waals surface area contributed by atoms with Gasteiger partial charge in [0, 0.05) is 18.5 Å². The first kappa shape index (κ1) is 14.2. The number of benzene rings is 1. The van der Waals surface area contributed by atoms with E-state index < -0.39 is 27.4 Å². The molecule has 1 heterocycles. The Hall–Kier alpha value is -1.24. The number of likely N-dealkylation sites (N-methyl/N-ethyl adjacent to an activating group) is 1. The average molecular weight is 283 g/mol. The number of hydrogen-bond acceptors (Lipinski definition) is 4. The molecule has 0 saturated carbocycles. The number of nitrogens with zero attached hydrogens (tertiary/aromatic N) is 1. The summed E-state index contributed by atoms with van der Waals surface area (Å²) in [6.07, 6.45) is 0. The van der Waals surface area contributed by atoms with E-state index in [0.29, 0.717) is 0 Å². The Labute approximate surface area is 112 Å². The van der Waals surface area contributed by atoms with Crippen LogP contribution in [0.5, 0.6) is 0 Å². The summed E-state index contributed by atoms with van der Waals surface area (Å²) in [5.41, 5.74) is -1.19. The predicted molar refractivity (Wildman–Crippen MR) is 70.2 cm³/mol. The number of aryl methyl sites for hydroxylation is 1. The molecule has 0 spiro atoms. The van der Waals surface area contributed by atoms with Gasteiger partial charge in [-0.05, 0) is 19.1 Å². The van der Waals surface area contributed by atoms with Gasteiger partial charge >= 0.3 is 0 Å². The molecule has 6 heteroatoms. The van der Waals surface area contributed by atoms with Crippen molar-refractivity contribution in [2.45, 2.75) is 31.4 Å². The molecule has 1 aromatic rings. The zero-order valence-corrected chi connectivity index (χ0v) is 12.2. The standard InChI is InChI=1S/C13H17NO4S/c1-8(2)13(16)12(15)10-7-9(3)5-6-11(10)19(17,18)14(13)4/h5-8,16H,1-4H3. The molecular weight excluding hydrogens is 266 g/mol. The van der Waals surface area contributed by atoms with Gasteiger partial charge in [0.05, 0.1) is 4.90 Å². The minimum atomic E-state index is -3.86. The molecule has 0 amide bonds. The van der Waals surface area contributed by atoms with Crippen LogP contribution in [-0.2, 0) is 10.0 Å². The van der Waals surface area contributed by atoms with Crippen molar-refractivity contribution in [2.75, 3.05) is 7.05 Å². The van der Waals surface area contributed by atoms with Crippen molar-refractivity contribution in [3.05, 3.63) is 29.3 Å². The number of carbonyl (C=O) groups is 1. The summed E-state index contributed by atoms with van der Waals surface area (Å²) in [4.78, 5) is 12.4. The van der Waals surface area contributed by atoms with Gasteiger partial charge in [-0.2, -0.15) is 4.31 Å². The molecule has 1 aliphatic rings. The highest BCUT2D eigenvalue weighted by atomic mass is 32.2. The molecule has 19 heavy (non-hydrogen) atoms. The summed E-state index contributed by atoms with van der Waals surface area (Å²) >= 11 is 0. The number of aliphatic hydroxyl groups is 1. The summed E-state index contributed by atoms with van der Waals surface area (Å²) in [7, 11) is -2.63. The lowest BCUT2D eigenvalue weighted by molar-refractivity contribution is -0.0592. The highest BCUT2D eigenvalue weighted by Gasteiger charge is 2.54. The van der Waals surface area contributed by atoms with Crippen molar-refractivity contribution in [1.29, 1.82) is 0 Å². The zero-order valence-electron chi connectivity index (χ0n) is 11.3. The van der Waals surface area contributed by atoms with Gasteiger partial charge in [-0.15, -0.1) is 0 Å². The molecule has 1 aliphatic heterocycles.